The first-order chi connectivity index (χ1) is 16.9. The van der Waals surface area contributed by atoms with Gasteiger partial charge in [0.25, 0.3) is 0 Å². The quantitative estimate of drug-likeness (QED) is 0.203. The summed E-state index contributed by atoms with van der Waals surface area (Å²) >= 11 is 1.37. The molecule has 9 nitrogen and oxygen atoms in total. The second-order valence-electron chi connectivity index (χ2n) is 7.46. The van der Waals surface area contributed by atoms with E-state index in [0.29, 0.717) is 45.8 Å². The molecular weight excluding hydrogens is 468 g/mol. The van der Waals surface area contributed by atoms with E-state index >= 15 is 0 Å². The first-order valence-electron chi connectivity index (χ1n) is 10.9. The van der Waals surface area contributed by atoms with Gasteiger partial charge < -0.3 is 14.2 Å². The summed E-state index contributed by atoms with van der Waals surface area (Å²) in [5.41, 5.74) is 2.30. The van der Waals surface area contributed by atoms with Crippen molar-refractivity contribution < 1.29 is 23.8 Å². The highest BCUT2D eigenvalue weighted by molar-refractivity contribution is 7.99. The van der Waals surface area contributed by atoms with Crippen molar-refractivity contribution >= 4 is 29.3 Å². The van der Waals surface area contributed by atoms with Gasteiger partial charge in [-0.15, -0.1) is 16.8 Å². The normalized spacial score (nSPS) is 14.1. The maximum Gasteiger partial charge on any atom is 0.308 e. The number of hydrogen-bond donors (Lipinski definition) is 0. The Morgan fingerprint density at radius 3 is 2.69 bits per heavy atom. The number of anilines is 1. The van der Waals surface area contributed by atoms with Crippen molar-refractivity contribution in [2.45, 2.75) is 32.2 Å². The molecule has 35 heavy (non-hydrogen) atoms. The Balaban J connectivity index is 1.88. The van der Waals surface area contributed by atoms with Crippen LogP contribution in [-0.4, -0.2) is 39.4 Å². The van der Waals surface area contributed by atoms with Gasteiger partial charge in [0.15, 0.2) is 17.2 Å². The number of thioether (sulfide) groups is 1. The van der Waals surface area contributed by atoms with Crippen LogP contribution in [0.2, 0.25) is 0 Å². The van der Waals surface area contributed by atoms with Crippen LogP contribution in [0.3, 0.4) is 0 Å². The van der Waals surface area contributed by atoms with Crippen LogP contribution in [0.4, 0.5) is 5.69 Å². The monoisotopic (exact) mass is 492 g/mol. The largest absolute Gasteiger partial charge is 0.490 e. The highest BCUT2D eigenvalue weighted by Crippen LogP contribution is 2.44. The zero-order valence-corrected chi connectivity index (χ0v) is 20.4. The molecule has 1 aromatic heterocycles. The lowest BCUT2D eigenvalue weighted by Crippen LogP contribution is -2.36. The number of fused-ring (bicyclic) bond motifs is 3. The van der Waals surface area contributed by atoms with Crippen LogP contribution in [0.5, 0.6) is 17.4 Å². The second kappa shape index (κ2) is 10.6. The molecule has 1 amide bonds. The predicted molar refractivity (Wildman–Crippen MR) is 132 cm³/mol. The van der Waals surface area contributed by atoms with Gasteiger partial charge in [-0.1, -0.05) is 36.0 Å². The molecule has 0 radical (unpaired) electrons. The lowest BCUT2D eigenvalue weighted by atomic mass is 10.1. The molecule has 1 atom stereocenters. The average Bonchev–Trinajstić information content (AvgIpc) is 2.98. The molecule has 3 aromatic rings. The molecule has 0 bridgehead atoms. The van der Waals surface area contributed by atoms with Crippen molar-refractivity contribution in [3.63, 3.8) is 0 Å². The summed E-state index contributed by atoms with van der Waals surface area (Å²) in [5.74, 6) is 0.772. The van der Waals surface area contributed by atoms with Crippen LogP contribution in [-0.2, 0) is 9.59 Å². The first-order valence-corrected chi connectivity index (χ1v) is 11.9. The smallest absolute Gasteiger partial charge is 0.308 e. The molecule has 0 N–H and O–H groups in total. The van der Waals surface area contributed by atoms with Gasteiger partial charge >= 0.3 is 5.97 Å². The Labute approximate surface area is 207 Å². The number of esters is 1. The molecule has 0 saturated carbocycles. The average molecular weight is 493 g/mol. The van der Waals surface area contributed by atoms with Gasteiger partial charge in [0.05, 0.1) is 12.3 Å². The molecule has 2 aromatic carbocycles. The van der Waals surface area contributed by atoms with Crippen LogP contribution in [0.25, 0.3) is 11.3 Å². The molecule has 1 aliphatic rings. The lowest BCUT2D eigenvalue weighted by molar-refractivity contribution is -0.132. The Morgan fingerprint density at radius 1 is 1.17 bits per heavy atom. The number of amides is 1. The molecule has 0 spiro atoms. The second-order valence-corrected chi connectivity index (χ2v) is 8.44. The number of para-hydroxylation sites is 1. The molecule has 4 rings (SSSR count). The van der Waals surface area contributed by atoms with E-state index in [1.165, 1.54) is 30.5 Å². The van der Waals surface area contributed by atoms with Gasteiger partial charge in [0.1, 0.15) is 0 Å². The van der Waals surface area contributed by atoms with Crippen molar-refractivity contribution in [2.75, 3.05) is 17.3 Å². The van der Waals surface area contributed by atoms with E-state index in [9.17, 15) is 9.59 Å². The highest BCUT2D eigenvalue weighted by Gasteiger charge is 2.35. The van der Waals surface area contributed by atoms with Gasteiger partial charge in [0.2, 0.25) is 23.2 Å². The van der Waals surface area contributed by atoms with E-state index in [2.05, 4.69) is 21.8 Å². The van der Waals surface area contributed by atoms with Gasteiger partial charge in [0, 0.05) is 30.7 Å². The van der Waals surface area contributed by atoms with E-state index in [1.807, 2.05) is 31.2 Å². The molecule has 0 fully saturated rings. The molecule has 1 aliphatic heterocycles. The van der Waals surface area contributed by atoms with E-state index < -0.39 is 12.2 Å². The fourth-order valence-corrected chi connectivity index (χ4v) is 4.16. The SMILES string of the molecule is C=CCSc1nnc2c(n1)O[C@@H](c1ccc(OC(C)=O)c(OCC)c1)N(C(C)=O)c1ccccc1-2. The Hall–Kier alpha value is -3.92. The van der Waals surface area contributed by atoms with Crippen molar-refractivity contribution in [3.05, 3.63) is 60.7 Å². The maximum atomic E-state index is 13.0. The number of aromatic nitrogens is 3. The van der Waals surface area contributed by atoms with Gasteiger partial charge in [-0.2, -0.15) is 4.98 Å². The zero-order valence-electron chi connectivity index (χ0n) is 19.6. The number of benzene rings is 2. The Kier molecular flexibility index (Phi) is 7.31. The number of hydrogen-bond acceptors (Lipinski definition) is 9. The van der Waals surface area contributed by atoms with E-state index in [-0.39, 0.29) is 17.5 Å². The van der Waals surface area contributed by atoms with E-state index in [0.717, 1.165) is 0 Å². The first kappa shape index (κ1) is 24.2. The number of carbonyl (C=O) groups excluding carboxylic acids is 2. The molecule has 2 heterocycles. The third-order valence-corrected chi connectivity index (χ3v) is 5.82. The Morgan fingerprint density at radius 2 is 1.97 bits per heavy atom. The third kappa shape index (κ3) is 5.12. The number of nitrogens with zero attached hydrogens (tertiary/aromatic N) is 4. The van der Waals surface area contributed by atoms with E-state index in [4.69, 9.17) is 14.2 Å². The highest BCUT2D eigenvalue weighted by atomic mass is 32.2. The number of rotatable bonds is 7. The van der Waals surface area contributed by atoms with E-state index in [1.54, 1.807) is 24.3 Å². The number of carbonyl (C=O) groups is 2. The molecule has 0 saturated heterocycles. The van der Waals surface area contributed by atoms with Crippen molar-refractivity contribution in [1.29, 1.82) is 0 Å². The minimum atomic E-state index is -0.894. The molecular formula is C25H24N4O5S. The van der Waals surface area contributed by atoms with Gasteiger partial charge in [-0.3, -0.25) is 14.5 Å². The topological polar surface area (TPSA) is 104 Å². The fourth-order valence-electron chi connectivity index (χ4n) is 3.65. The molecule has 10 heteroatoms. The minimum absolute atomic E-state index is 0.244. The van der Waals surface area contributed by atoms with Crippen LogP contribution >= 0.6 is 11.8 Å². The van der Waals surface area contributed by atoms with Crippen LogP contribution in [0.1, 0.15) is 32.6 Å². The van der Waals surface area contributed by atoms with Crippen molar-refractivity contribution in [1.82, 2.24) is 15.2 Å². The standard InChI is InChI=1S/C25H24N4O5S/c1-5-13-35-25-26-23-22(27-28-25)18-9-7-8-10-19(18)29(15(3)30)24(34-23)17-11-12-20(33-16(4)31)21(14-17)32-6-2/h5,7-12,14,24H,1,6,13H2,2-4H3/t24-/m0/s1. The predicted octanol–water partition coefficient (Wildman–Crippen LogP) is 4.58. The fraction of sp³-hybridized carbons (Fsp3) is 0.240. The maximum absolute atomic E-state index is 13.0. The summed E-state index contributed by atoms with van der Waals surface area (Å²) in [6.07, 6.45) is 0.852. The molecule has 180 valence electrons. The molecule has 0 aliphatic carbocycles. The minimum Gasteiger partial charge on any atom is -0.490 e. The summed E-state index contributed by atoms with van der Waals surface area (Å²) in [7, 11) is 0. The zero-order chi connectivity index (χ0) is 24.9. The summed E-state index contributed by atoms with van der Waals surface area (Å²) < 4.78 is 17.4. The lowest BCUT2D eigenvalue weighted by Gasteiger charge is -2.30. The molecule has 0 unspecified atom stereocenters. The third-order valence-electron chi connectivity index (χ3n) is 4.99. The Bertz CT molecular complexity index is 1280. The van der Waals surface area contributed by atoms with Crippen LogP contribution in [0, 0.1) is 0 Å². The summed E-state index contributed by atoms with van der Waals surface area (Å²) in [6.45, 7) is 8.68. The van der Waals surface area contributed by atoms with Gasteiger partial charge in [-0.05, 0) is 31.2 Å². The van der Waals surface area contributed by atoms with Gasteiger partial charge in [-0.25, -0.2) is 0 Å². The summed E-state index contributed by atoms with van der Waals surface area (Å²) in [4.78, 5) is 30.6. The van der Waals surface area contributed by atoms with Crippen LogP contribution in [0.15, 0.2) is 60.3 Å². The van der Waals surface area contributed by atoms with Crippen molar-refractivity contribution in [2.24, 2.45) is 0 Å². The summed E-state index contributed by atoms with van der Waals surface area (Å²) in [6, 6.07) is 12.4. The van der Waals surface area contributed by atoms with Crippen LogP contribution < -0.4 is 19.1 Å². The summed E-state index contributed by atoms with van der Waals surface area (Å²) in [5, 5.41) is 9.02. The number of ether oxygens (including phenoxy) is 3. The van der Waals surface area contributed by atoms with Crippen molar-refractivity contribution in [3.8, 4) is 28.6 Å².